The molecule has 0 aliphatic carbocycles. The molecule has 0 aromatic carbocycles. The van der Waals surface area contributed by atoms with Crippen LogP contribution in [-0.4, -0.2) is 25.3 Å². The van der Waals surface area contributed by atoms with Gasteiger partial charge in [0.25, 0.3) is 5.56 Å². The number of nitrogens with one attached hydrogen (secondary N) is 1. The number of carbonyl (C=O) groups excluding carboxylic acids is 1. The zero-order valence-electron chi connectivity index (χ0n) is 12.3. The summed E-state index contributed by atoms with van der Waals surface area (Å²) in [6.45, 7) is 9.45. The number of fused-ring (bicyclic) bond motifs is 1. The summed E-state index contributed by atoms with van der Waals surface area (Å²) in [6, 6.07) is 0. The minimum absolute atomic E-state index is 0.213. The number of hydrogen-bond donors (Lipinski definition) is 1. The molecule has 20 heavy (non-hydrogen) atoms. The molecule has 2 aromatic rings. The van der Waals surface area contributed by atoms with E-state index in [1.165, 1.54) is 12.5 Å². The second-order valence-electron chi connectivity index (χ2n) is 6.01. The van der Waals surface area contributed by atoms with Crippen molar-refractivity contribution in [3.63, 3.8) is 0 Å². The normalized spacial score (nSPS) is 12.1. The second-order valence-corrected chi connectivity index (χ2v) is 6.01. The molecule has 0 saturated heterocycles. The van der Waals surface area contributed by atoms with Gasteiger partial charge in [-0.2, -0.15) is 5.10 Å². The Morgan fingerprint density at radius 3 is 2.55 bits per heavy atom. The van der Waals surface area contributed by atoms with Crippen LogP contribution in [0.4, 0.5) is 0 Å². The minimum atomic E-state index is -0.334. The number of carbonyl (C=O) groups is 1. The van der Waals surface area contributed by atoms with Crippen molar-refractivity contribution in [1.82, 2.24) is 19.4 Å². The van der Waals surface area contributed by atoms with E-state index in [0.717, 1.165) is 4.68 Å². The van der Waals surface area contributed by atoms with Crippen LogP contribution in [0.5, 0.6) is 0 Å². The first-order valence-electron chi connectivity index (χ1n) is 6.48. The van der Waals surface area contributed by atoms with Crippen LogP contribution in [0.2, 0.25) is 0 Å². The van der Waals surface area contributed by atoms with Crippen LogP contribution in [0.25, 0.3) is 11.0 Å². The average molecular weight is 277 g/mol. The van der Waals surface area contributed by atoms with Crippen LogP contribution in [0.3, 0.4) is 0 Å². The SMILES string of the molecule is CC(C)C(=O)Nn1cnc2c(cnn2C(C)(C)C)c1=O. The molecule has 0 bridgehead atoms. The fourth-order valence-corrected chi connectivity index (χ4v) is 1.73. The molecule has 0 saturated carbocycles. The van der Waals surface area contributed by atoms with Crippen LogP contribution in [0.1, 0.15) is 34.6 Å². The average Bonchev–Trinajstić information content (AvgIpc) is 2.76. The van der Waals surface area contributed by atoms with E-state index >= 15 is 0 Å². The zero-order chi connectivity index (χ0) is 15.1. The van der Waals surface area contributed by atoms with Crippen molar-refractivity contribution >= 4 is 16.9 Å². The molecule has 2 heterocycles. The number of aromatic nitrogens is 4. The molecule has 2 aromatic heterocycles. The molecule has 1 amide bonds. The zero-order valence-corrected chi connectivity index (χ0v) is 12.3. The van der Waals surface area contributed by atoms with E-state index in [1.54, 1.807) is 18.5 Å². The fourth-order valence-electron chi connectivity index (χ4n) is 1.73. The molecule has 7 nitrogen and oxygen atoms in total. The van der Waals surface area contributed by atoms with Gasteiger partial charge in [-0.3, -0.25) is 15.0 Å². The third kappa shape index (κ3) is 2.43. The Morgan fingerprint density at radius 2 is 2.00 bits per heavy atom. The summed E-state index contributed by atoms with van der Waals surface area (Å²) in [5.74, 6) is -0.452. The number of amides is 1. The molecular formula is C13H19N5O2. The molecule has 7 heteroatoms. The molecule has 0 atom stereocenters. The standard InChI is InChI=1S/C13H19N5O2/c1-8(2)11(19)16-17-7-14-10-9(12(17)20)6-15-18(10)13(3,4)5/h6-8H,1-5H3,(H,16,19). The van der Waals surface area contributed by atoms with Gasteiger partial charge in [0.1, 0.15) is 11.7 Å². The van der Waals surface area contributed by atoms with Crippen LogP contribution in [0.15, 0.2) is 17.3 Å². The third-order valence-electron chi connectivity index (χ3n) is 2.88. The maximum absolute atomic E-state index is 12.3. The topological polar surface area (TPSA) is 81.8 Å². The summed E-state index contributed by atoms with van der Waals surface area (Å²) >= 11 is 0. The molecule has 0 aliphatic rings. The Balaban J connectivity index is 2.51. The molecule has 0 spiro atoms. The summed E-state index contributed by atoms with van der Waals surface area (Å²) in [5.41, 5.74) is 2.42. The molecule has 2 rings (SSSR count). The van der Waals surface area contributed by atoms with Gasteiger partial charge >= 0.3 is 0 Å². The van der Waals surface area contributed by atoms with Crippen LogP contribution < -0.4 is 11.0 Å². The Morgan fingerprint density at radius 1 is 1.35 bits per heavy atom. The maximum atomic E-state index is 12.3. The van der Waals surface area contributed by atoms with Crippen molar-refractivity contribution in [2.45, 2.75) is 40.2 Å². The van der Waals surface area contributed by atoms with E-state index in [-0.39, 0.29) is 22.9 Å². The first kappa shape index (κ1) is 14.2. The van der Waals surface area contributed by atoms with Gasteiger partial charge in [0, 0.05) is 5.92 Å². The summed E-state index contributed by atoms with van der Waals surface area (Å²) in [7, 11) is 0. The molecule has 0 aliphatic heterocycles. The Labute approximate surface area is 116 Å². The van der Waals surface area contributed by atoms with Crippen molar-refractivity contribution in [2.24, 2.45) is 5.92 Å². The van der Waals surface area contributed by atoms with E-state index in [0.29, 0.717) is 11.0 Å². The molecule has 0 fully saturated rings. The van der Waals surface area contributed by atoms with E-state index < -0.39 is 0 Å². The summed E-state index contributed by atoms with van der Waals surface area (Å²) in [4.78, 5) is 28.2. The lowest BCUT2D eigenvalue weighted by atomic mass is 10.1. The van der Waals surface area contributed by atoms with E-state index in [9.17, 15) is 9.59 Å². The lowest BCUT2D eigenvalue weighted by molar-refractivity contribution is -0.119. The van der Waals surface area contributed by atoms with Gasteiger partial charge in [0.05, 0.1) is 11.7 Å². The Kier molecular flexibility index (Phi) is 3.37. The van der Waals surface area contributed by atoms with Gasteiger partial charge < -0.3 is 0 Å². The van der Waals surface area contributed by atoms with E-state index in [2.05, 4.69) is 15.5 Å². The summed E-state index contributed by atoms with van der Waals surface area (Å²) < 4.78 is 2.79. The monoisotopic (exact) mass is 277 g/mol. The predicted molar refractivity (Wildman–Crippen MR) is 76.0 cm³/mol. The highest BCUT2D eigenvalue weighted by Crippen LogP contribution is 2.17. The van der Waals surface area contributed by atoms with Crippen molar-refractivity contribution in [1.29, 1.82) is 0 Å². The predicted octanol–water partition coefficient (Wildman–Crippen LogP) is 1.07. The second kappa shape index (κ2) is 4.73. The number of hydrogen-bond acceptors (Lipinski definition) is 4. The lowest BCUT2D eigenvalue weighted by Gasteiger charge is -2.19. The molecule has 1 N–H and O–H groups in total. The smallest absolute Gasteiger partial charge is 0.273 e. The van der Waals surface area contributed by atoms with Gasteiger partial charge in [0.2, 0.25) is 5.91 Å². The van der Waals surface area contributed by atoms with Crippen molar-refractivity contribution in [2.75, 3.05) is 5.43 Å². The summed E-state index contributed by atoms with van der Waals surface area (Å²) in [5, 5.41) is 4.59. The van der Waals surface area contributed by atoms with Crippen molar-refractivity contribution < 1.29 is 4.79 Å². The quantitative estimate of drug-likeness (QED) is 0.890. The third-order valence-corrected chi connectivity index (χ3v) is 2.88. The lowest BCUT2D eigenvalue weighted by Crippen LogP contribution is -2.35. The van der Waals surface area contributed by atoms with Gasteiger partial charge in [-0.25, -0.2) is 14.3 Å². The molecule has 0 radical (unpaired) electrons. The minimum Gasteiger partial charge on any atom is -0.273 e. The van der Waals surface area contributed by atoms with Gasteiger partial charge in [-0.15, -0.1) is 0 Å². The van der Waals surface area contributed by atoms with E-state index in [4.69, 9.17) is 0 Å². The van der Waals surface area contributed by atoms with Gasteiger partial charge in [0.15, 0.2) is 5.65 Å². The number of nitrogens with zero attached hydrogens (tertiary/aromatic N) is 4. The van der Waals surface area contributed by atoms with Crippen LogP contribution in [0, 0.1) is 5.92 Å². The first-order chi connectivity index (χ1) is 9.21. The highest BCUT2D eigenvalue weighted by atomic mass is 16.2. The Bertz CT molecular complexity index is 706. The fraction of sp³-hybridized carbons (Fsp3) is 0.538. The van der Waals surface area contributed by atoms with Crippen LogP contribution >= 0.6 is 0 Å². The Hall–Kier alpha value is -2.18. The summed E-state index contributed by atoms with van der Waals surface area (Å²) in [6.07, 6.45) is 2.79. The molecular weight excluding hydrogens is 258 g/mol. The maximum Gasteiger partial charge on any atom is 0.283 e. The van der Waals surface area contributed by atoms with Crippen molar-refractivity contribution in [3.05, 3.63) is 22.9 Å². The highest BCUT2D eigenvalue weighted by molar-refractivity contribution is 5.85. The molecule has 108 valence electrons. The largest absolute Gasteiger partial charge is 0.283 e. The van der Waals surface area contributed by atoms with Crippen molar-refractivity contribution in [3.8, 4) is 0 Å². The number of rotatable bonds is 2. The highest BCUT2D eigenvalue weighted by Gasteiger charge is 2.20. The van der Waals surface area contributed by atoms with Gasteiger partial charge in [-0.1, -0.05) is 13.8 Å². The van der Waals surface area contributed by atoms with Crippen LogP contribution in [-0.2, 0) is 10.3 Å². The molecule has 0 unspecified atom stereocenters. The van der Waals surface area contributed by atoms with E-state index in [1.807, 2.05) is 20.8 Å². The van der Waals surface area contributed by atoms with Gasteiger partial charge in [-0.05, 0) is 20.8 Å². The first-order valence-corrected chi connectivity index (χ1v) is 6.48.